The molecule has 0 fully saturated rings. The van der Waals surface area contributed by atoms with Crippen molar-refractivity contribution in [2.75, 3.05) is 33.0 Å². The molecular formula is C12H22N4O2. The average molecular weight is 254 g/mol. The predicted molar refractivity (Wildman–Crippen MR) is 70.5 cm³/mol. The van der Waals surface area contributed by atoms with Crippen LogP contribution in [0.25, 0.3) is 0 Å². The third-order valence-electron chi connectivity index (χ3n) is 2.86. The molecule has 1 aromatic heterocycles. The fourth-order valence-electron chi connectivity index (χ4n) is 1.78. The van der Waals surface area contributed by atoms with Crippen molar-refractivity contribution in [2.45, 2.75) is 26.8 Å². The van der Waals surface area contributed by atoms with Crippen LogP contribution in [-0.2, 0) is 11.3 Å². The Labute approximate surface area is 108 Å². The van der Waals surface area contributed by atoms with Crippen molar-refractivity contribution < 1.29 is 9.53 Å². The zero-order valence-electron chi connectivity index (χ0n) is 11.6. The Kier molecular flexibility index (Phi) is 5.15. The maximum atomic E-state index is 12.3. The lowest BCUT2D eigenvalue weighted by Gasteiger charge is -2.17. The molecule has 0 aromatic carbocycles. The smallest absolute Gasteiger partial charge is 0.274 e. The van der Waals surface area contributed by atoms with E-state index < -0.39 is 0 Å². The number of methoxy groups -OCH3 is 1. The second-order valence-corrected chi connectivity index (χ2v) is 4.24. The molecule has 0 aliphatic carbocycles. The lowest BCUT2D eigenvalue weighted by Crippen LogP contribution is -2.31. The number of hydrogen-bond donors (Lipinski definition) is 1. The summed E-state index contributed by atoms with van der Waals surface area (Å²) in [5.41, 5.74) is 7.57. The van der Waals surface area contributed by atoms with Crippen LogP contribution in [-0.4, -0.2) is 47.9 Å². The van der Waals surface area contributed by atoms with Crippen molar-refractivity contribution >= 4 is 11.6 Å². The highest BCUT2D eigenvalue weighted by atomic mass is 16.5. The van der Waals surface area contributed by atoms with E-state index in [1.54, 1.807) is 23.7 Å². The van der Waals surface area contributed by atoms with Gasteiger partial charge in [-0.25, -0.2) is 0 Å². The summed E-state index contributed by atoms with van der Waals surface area (Å²) in [7, 11) is 3.41. The Morgan fingerprint density at radius 3 is 2.78 bits per heavy atom. The fraction of sp³-hybridized carbons (Fsp3) is 0.667. The van der Waals surface area contributed by atoms with Crippen molar-refractivity contribution in [1.29, 1.82) is 0 Å². The van der Waals surface area contributed by atoms with Crippen LogP contribution in [0.5, 0.6) is 0 Å². The van der Waals surface area contributed by atoms with Gasteiger partial charge in [0.2, 0.25) is 0 Å². The number of nitrogen functional groups attached to an aromatic ring is 1. The minimum atomic E-state index is -0.0916. The van der Waals surface area contributed by atoms with Crippen LogP contribution >= 0.6 is 0 Å². The first-order valence-electron chi connectivity index (χ1n) is 6.10. The van der Waals surface area contributed by atoms with Gasteiger partial charge in [0.05, 0.1) is 11.4 Å². The second kappa shape index (κ2) is 6.39. The van der Waals surface area contributed by atoms with E-state index in [0.717, 1.165) is 6.42 Å². The summed E-state index contributed by atoms with van der Waals surface area (Å²) in [4.78, 5) is 13.9. The lowest BCUT2D eigenvalue weighted by molar-refractivity contribution is 0.0768. The number of hydrogen-bond acceptors (Lipinski definition) is 4. The first kappa shape index (κ1) is 14.5. The van der Waals surface area contributed by atoms with E-state index in [4.69, 9.17) is 10.5 Å². The third kappa shape index (κ3) is 3.01. The summed E-state index contributed by atoms with van der Waals surface area (Å²) in [6.07, 6.45) is 0.803. The summed E-state index contributed by atoms with van der Waals surface area (Å²) in [5, 5.41) is 4.25. The molecule has 0 aliphatic rings. The molecule has 6 nitrogen and oxygen atoms in total. The SMILES string of the molecule is CCn1nc(C)c(N)c1C(=O)N(C)CCCOC. The van der Waals surface area contributed by atoms with Crippen LogP contribution < -0.4 is 5.73 Å². The van der Waals surface area contributed by atoms with E-state index in [9.17, 15) is 4.79 Å². The number of anilines is 1. The van der Waals surface area contributed by atoms with E-state index in [-0.39, 0.29) is 5.91 Å². The number of aromatic nitrogens is 2. The highest BCUT2D eigenvalue weighted by molar-refractivity contribution is 5.97. The molecular weight excluding hydrogens is 232 g/mol. The highest BCUT2D eigenvalue weighted by Crippen LogP contribution is 2.18. The molecule has 102 valence electrons. The topological polar surface area (TPSA) is 73.4 Å². The molecule has 0 unspecified atom stereocenters. The minimum Gasteiger partial charge on any atom is -0.395 e. The van der Waals surface area contributed by atoms with Crippen LogP contribution in [0.2, 0.25) is 0 Å². The molecule has 0 aliphatic heterocycles. The maximum Gasteiger partial charge on any atom is 0.274 e. The predicted octanol–water partition coefficient (Wildman–Crippen LogP) is 0.902. The largest absolute Gasteiger partial charge is 0.395 e. The van der Waals surface area contributed by atoms with Gasteiger partial charge in [-0.1, -0.05) is 0 Å². The monoisotopic (exact) mass is 254 g/mol. The highest BCUT2D eigenvalue weighted by Gasteiger charge is 2.21. The van der Waals surface area contributed by atoms with E-state index in [0.29, 0.717) is 36.8 Å². The van der Waals surface area contributed by atoms with Crippen LogP contribution in [0.3, 0.4) is 0 Å². The molecule has 0 bridgehead atoms. The molecule has 1 aromatic rings. The molecule has 6 heteroatoms. The number of rotatable bonds is 6. The van der Waals surface area contributed by atoms with Crippen LogP contribution in [0.1, 0.15) is 29.5 Å². The van der Waals surface area contributed by atoms with Crippen molar-refractivity contribution in [3.8, 4) is 0 Å². The number of nitrogens with zero attached hydrogens (tertiary/aromatic N) is 3. The summed E-state index contributed by atoms with van der Waals surface area (Å²) in [6, 6.07) is 0. The molecule has 0 radical (unpaired) electrons. The number of carbonyl (C=O) groups excluding carboxylic acids is 1. The summed E-state index contributed by atoms with van der Waals surface area (Å²) < 4.78 is 6.62. The molecule has 1 rings (SSSR count). The van der Waals surface area contributed by atoms with Gasteiger partial charge in [0.25, 0.3) is 5.91 Å². The summed E-state index contributed by atoms with van der Waals surface area (Å²) in [6.45, 7) is 5.65. The Morgan fingerprint density at radius 1 is 1.56 bits per heavy atom. The Bertz CT molecular complexity index is 414. The van der Waals surface area contributed by atoms with Crippen molar-refractivity contribution in [3.05, 3.63) is 11.4 Å². The van der Waals surface area contributed by atoms with Crippen LogP contribution in [0.15, 0.2) is 0 Å². The van der Waals surface area contributed by atoms with Gasteiger partial charge in [-0.15, -0.1) is 0 Å². The van der Waals surface area contributed by atoms with E-state index >= 15 is 0 Å². The molecule has 1 heterocycles. The van der Waals surface area contributed by atoms with Gasteiger partial charge in [-0.2, -0.15) is 5.10 Å². The zero-order valence-corrected chi connectivity index (χ0v) is 11.6. The Hall–Kier alpha value is -1.56. The third-order valence-corrected chi connectivity index (χ3v) is 2.86. The number of carbonyl (C=O) groups is 1. The Balaban J connectivity index is 2.82. The number of aryl methyl sites for hydroxylation is 2. The van der Waals surface area contributed by atoms with Crippen LogP contribution in [0.4, 0.5) is 5.69 Å². The van der Waals surface area contributed by atoms with Crippen molar-refractivity contribution in [3.63, 3.8) is 0 Å². The van der Waals surface area contributed by atoms with E-state index in [2.05, 4.69) is 5.10 Å². The number of nitrogens with two attached hydrogens (primary N) is 1. The zero-order chi connectivity index (χ0) is 13.7. The summed E-state index contributed by atoms with van der Waals surface area (Å²) >= 11 is 0. The van der Waals surface area contributed by atoms with Gasteiger partial charge in [-0.05, 0) is 20.3 Å². The average Bonchev–Trinajstić information content (AvgIpc) is 2.64. The van der Waals surface area contributed by atoms with Crippen molar-refractivity contribution in [1.82, 2.24) is 14.7 Å². The first-order valence-corrected chi connectivity index (χ1v) is 6.10. The molecule has 0 spiro atoms. The standard InChI is InChI=1S/C12H22N4O2/c1-5-16-11(10(13)9(2)14-16)12(17)15(3)7-6-8-18-4/h5-8,13H2,1-4H3. The molecule has 2 N–H and O–H groups in total. The van der Waals surface area contributed by atoms with Gasteiger partial charge in [0.1, 0.15) is 5.69 Å². The van der Waals surface area contributed by atoms with Gasteiger partial charge in [-0.3, -0.25) is 9.48 Å². The fourth-order valence-corrected chi connectivity index (χ4v) is 1.78. The Morgan fingerprint density at radius 2 is 2.22 bits per heavy atom. The first-order chi connectivity index (χ1) is 8.52. The van der Waals surface area contributed by atoms with Crippen LogP contribution in [0, 0.1) is 6.92 Å². The van der Waals surface area contributed by atoms with Gasteiger partial charge in [0, 0.05) is 33.9 Å². The molecule has 0 atom stereocenters. The molecule has 0 saturated heterocycles. The normalized spacial score (nSPS) is 10.7. The minimum absolute atomic E-state index is 0.0916. The molecule has 0 saturated carbocycles. The van der Waals surface area contributed by atoms with E-state index in [1.165, 1.54) is 0 Å². The van der Waals surface area contributed by atoms with Gasteiger partial charge < -0.3 is 15.4 Å². The maximum absolute atomic E-state index is 12.3. The number of amides is 1. The lowest BCUT2D eigenvalue weighted by atomic mass is 10.2. The van der Waals surface area contributed by atoms with Crippen molar-refractivity contribution in [2.24, 2.45) is 0 Å². The molecule has 1 amide bonds. The summed E-state index contributed by atoms with van der Waals surface area (Å²) in [5.74, 6) is -0.0916. The van der Waals surface area contributed by atoms with Gasteiger partial charge in [0.15, 0.2) is 0 Å². The number of ether oxygens (including phenoxy) is 1. The second-order valence-electron chi connectivity index (χ2n) is 4.24. The quantitative estimate of drug-likeness (QED) is 0.766. The van der Waals surface area contributed by atoms with Gasteiger partial charge >= 0.3 is 0 Å². The molecule has 18 heavy (non-hydrogen) atoms. The van der Waals surface area contributed by atoms with E-state index in [1.807, 2.05) is 13.8 Å².